The van der Waals surface area contributed by atoms with E-state index in [0.29, 0.717) is 17.1 Å². The number of rotatable bonds is 6. The van der Waals surface area contributed by atoms with Gasteiger partial charge in [-0.25, -0.2) is 14.1 Å². The van der Waals surface area contributed by atoms with Gasteiger partial charge >= 0.3 is 0 Å². The highest BCUT2D eigenvalue weighted by Gasteiger charge is 2.15. The molecule has 1 amide bonds. The van der Waals surface area contributed by atoms with E-state index in [0.717, 1.165) is 22.9 Å². The molecule has 2 aromatic carbocycles. The maximum absolute atomic E-state index is 14.5. The van der Waals surface area contributed by atoms with Crippen LogP contribution in [0.4, 0.5) is 21.7 Å². The molecule has 0 atom stereocenters. The molecular weight excluding hydrogens is 423 g/mol. The fourth-order valence-corrected chi connectivity index (χ4v) is 3.45. The number of carbonyl (C=O) groups excluding carboxylic acids is 1. The number of aromatic nitrogens is 4. The van der Waals surface area contributed by atoms with Gasteiger partial charge in [0.25, 0.3) is 5.91 Å². The van der Waals surface area contributed by atoms with Crippen molar-refractivity contribution in [2.75, 3.05) is 17.7 Å². The van der Waals surface area contributed by atoms with Crippen LogP contribution >= 0.6 is 0 Å². The zero-order valence-electron chi connectivity index (χ0n) is 18.7. The topological polar surface area (TPSA) is 94.0 Å². The summed E-state index contributed by atoms with van der Waals surface area (Å²) >= 11 is 0. The van der Waals surface area contributed by atoms with Crippen LogP contribution in [0.2, 0.25) is 0 Å². The van der Waals surface area contributed by atoms with Crippen LogP contribution in [0.5, 0.6) is 5.75 Å². The lowest BCUT2D eigenvalue weighted by molar-refractivity contribution is 0.102. The minimum atomic E-state index is -0.674. The summed E-state index contributed by atoms with van der Waals surface area (Å²) in [4.78, 5) is 20.9. The van der Waals surface area contributed by atoms with Crippen molar-refractivity contribution in [3.05, 3.63) is 83.1 Å². The molecule has 9 heteroatoms. The molecule has 168 valence electrons. The zero-order chi connectivity index (χ0) is 23.5. The number of hydrogen-bond acceptors (Lipinski definition) is 6. The molecule has 2 aromatic heterocycles. The van der Waals surface area contributed by atoms with E-state index in [1.165, 1.54) is 17.1 Å². The average Bonchev–Trinajstić information content (AvgIpc) is 3.24. The Morgan fingerprint density at radius 2 is 1.67 bits per heavy atom. The van der Waals surface area contributed by atoms with Crippen LogP contribution in [-0.4, -0.2) is 32.8 Å². The maximum atomic E-state index is 14.5. The van der Waals surface area contributed by atoms with E-state index in [1.54, 1.807) is 13.2 Å². The predicted molar refractivity (Wildman–Crippen MR) is 124 cm³/mol. The SMILES string of the molecule is COc1cc(C)cc(Nc2ncc(F)c(-n3cc(C(=O)Nc4cc(C)cc(C)c4)cn3)n2)c1. The number of nitrogens with zero attached hydrogens (tertiary/aromatic N) is 4. The van der Waals surface area contributed by atoms with Crippen LogP contribution in [0.3, 0.4) is 0 Å². The van der Waals surface area contributed by atoms with Crippen molar-refractivity contribution in [3.8, 4) is 11.6 Å². The molecule has 4 rings (SSSR count). The third-order valence-electron chi connectivity index (χ3n) is 4.81. The van der Waals surface area contributed by atoms with Crippen LogP contribution in [0.25, 0.3) is 5.82 Å². The molecule has 0 radical (unpaired) electrons. The molecule has 33 heavy (non-hydrogen) atoms. The fourth-order valence-electron chi connectivity index (χ4n) is 3.45. The number of amides is 1. The van der Waals surface area contributed by atoms with E-state index in [-0.39, 0.29) is 23.2 Å². The smallest absolute Gasteiger partial charge is 0.258 e. The van der Waals surface area contributed by atoms with Crippen LogP contribution in [0.1, 0.15) is 27.0 Å². The highest BCUT2D eigenvalue weighted by Crippen LogP contribution is 2.23. The summed E-state index contributed by atoms with van der Waals surface area (Å²) in [7, 11) is 1.58. The molecule has 0 aliphatic heterocycles. The normalized spacial score (nSPS) is 10.7. The predicted octanol–water partition coefficient (Wildman–Crippen LogP) is 4.73. The average molecular weight is 446 g/mol. The van der Waals surface area contributed by atoms with Crippen LogP contribution in [0, 0.1) is 26.6 Å². The second-order valence-electron chi connectivity index (χ2n) is 7.73. The standard InChI is InChI=1S/C24H23FN6O2/c1-14-5-15(2)7-18(6-14)28-23(32)17-11-27-31(13-17)22-21(25)12-26-24(30-22)29-19-8-16(3)9-20(10-19)33-4/h5-13H,1-4H3,(H,28,32)(H,26,29,30). The third-order valence-corrected chi connectivity index (χ3v) is 4.81. The Morgan fingerprint density at radius 1 is 0.970 bits per heavy atom. The Bertz CT molecular complexity index is 1310. The zero-order valence-corrected chi connectivity index (χ0v) is 18.7. The Hall–Kier alpha value is -4.27. The van der Waals surface area contributed by atoms with E-state index in [4.69, 9.17) is 4.74 Å². The lowest BCUT2D eigenvalue weighted by Crippen LogP contribution is -2.11. The molecule has 0 bridgehead atoms. The Morgan fingerprint density at radius 3 is 2.39 bits per heavy atom. The van der Waals surface area contributed by atoms with Crippen molar-refractivity contribution < 1.29 is 13.9 Å². The first-order valence-corrected chi connectivity index (χ1v) is 10.2. The van der Waals surface area contributed by atoms with Crippen molar-refractivity contribution in [1.82, 2.24) is 19.7 Å². The number of hydrogen-bond donors (Lipinski definition) is 2. The second kappa shape index (κ2) is 9.07. The molecule has 8 nitrogen and oxygen atoms in total. The first-order chi connectivity index (χ1) is 15.8. The first-order valence-electron chi connectivity index (χ1n) is 10.2. The summed E-state index contributed by atoms with van der Waals surface area (Å²) in [5.74, 6) is -0.266. The lowest BCUT2D eigenvalue weighted by atomic mass is 10.1. The first kappa shape index (κ1) is 21.9. The Kier molecular flexibility index (Phi) is 6.03. The van der Waals surface area contributed by atoms with Crippen LogP contribution < -0.4 is 15.4 Å². The molecule has 2 heterocycles. The number of anilines is 3. The van der Waals surface area contributed by atoms with E-state index in [2.05, 4.69) is 25.7 Å². The molecule has 0 saturated heterocycles. The third kappa shape index (κ3) is 5.15. The fraction of sp³-hybridized carbons (Fsp3) is 0.167. The summed E-state index contributed by atoms with van der Waals surface area (Å²) in [6, 6.07) is 11.3. The number of aryl methyl sites for hydroxylation is 3. The summed E-state index contributed by atoms with van der Waals surface area (Å²) in [5, 5.41) is 9.99. The molecule has 2 N–H and O–H groups in total. The number of halogens is 1. The molecule has 0 fully saturated rings. The van der Waals surface area contributed by atoms with Crippen molar-refractivity contribution >= 4 is 23.2 Å². The molecule has 4 aromatic rings. The minimum absolute atomic E-state index is 0.0856. The maximum Gasteiger partial charge on any atom is 0.258 e. The van der Waals surface area contributed by atoms with Gasteiger partial charge in [-0.3, -0.25) is 4.79 Å². The quantitative estimate of drug-likeness (QED) is 0.445. The second-order valence-corrected chi connectivity index (χ2v) is 7.73. The van der Waals surface area contributed by atoms with Gasteiger partial charge in [0.2, 0.25) is 5.95 Å². The molecule has 0 saturated carbocycles. The minimum Gasteiger partial charge on any atom is -0.497 e. The van der Waals surface area contributed by atoms with Crippen molar-refractivity contribution in [3.63, 3.8) is 0 Å². The van der Waals surface area contributed by atoms with Gasteiger partial charge in [0.15, 0.2) is 11.6 Å². The lowest BCUT2D eigenvalue weighted by Gasteiger charge is -2.10. The van der Waals surface area contributed by atoms with E-state index in [1.807, 2.05) is 51.1 Å². The summed E-state index contributed by atoms with van der Waals surface area (Å²) in [6.45, 7) is 5.84. The molecule has 0 spiro atoms. The van der Waals surface area contributed by atoms with Crippen molar-refractivity contribution in [2.24, 2.45) is 0 Å². The highest BCUT2D eigenvalue weighted by atomic mass is 19.1. The van der Waals surface area contributed by atoms with Crippen molar-refractivity contribution in [2.45, 2.75) is 20.8 Å². The van der Waals surface area contributed by atoms with Gasteiger partial charge < -0.3 is 15.4 Å². The van der Waals surface area contributed by atoms with Gasteiger partial charge in [0.1, 0.15) is 5.75 Å². The molecule has 0 aliphatic carbocycles. The van der Waals surface area contributed by atoms with Crippen molar-refractivity contribution in [1.29, 1.82) is 0 Å². The summed E-state index contributed by atoms with van der Waals surface area (Å²) in [5.41, 5.74) is 4.69. The van der Waals surface area contributed by atoms with E-state index < -0.39 is 5.82 Å². The van der Waals surface area contributed by atoms with Gasteiger partial charge in [-0.1, -0.05) is 6.07 Å². The van der Waals surface area contributed by atoms with Crippen LogP contribution in [0.15, 0.2) is 55.0 Å². The van der Waals surface area contributed by atoms with E-state index >= 15 is 0 Å². The summed E-state index contributed by atoms with van der Waals surface area (Å²) in [6.07, 6.45) is 3.83. The number of methoxy groups -OCH3 is 1. The molecule has 0 unspecified atom stereocenters. The van der Waals surface area contributed by atoms with E-state index in [9.17, 15) is 9.18 Å². The van der Waals surface area contributed by atoms with Gasteiger partial charge in [0, 0.05) is 23.6 Å². The Labute approximate surface area is 190 Å². The van der Waals surface area contributed by atoms with Gasteiger partial charge in [-0.2, -0.15) is 10.1 Å². The largest absolute Gasteiger partial charge is 0.497 e. The molecular formula is C24H23FN6O2. The monoisotopic (exact) mass is 446 g/mol. The highest BCUT2D eigenvalue weighted by molar-refractivity contribution is 6.04. The number of ether oxygens (including phenoxy) is 1. The summed E-state index contributed by atoms with van der Waals surface area (Å²) < 4.78 is 21.0. The van der Waals surface area contributed by atoms with Crippen LogP contribution in [-0.2, 0) is 0 Å². The number of benzene rings is 2. The molecule has 0 aliphatic rings. The van der Waals surface area contributed by atoms with Gasteiger partial charge in [-0.05, 0) is 61.7 Å². The Balaban J connectivity index is 1.56. The number of nitrogens with one attached hydrogen (secondary N) is 2. The number of carbonyl (C=O) groups is 1. The van der Waals surface area contributed by atoms with Gasteiger partial charge in [-0.15, -0.1) is 0 Å². The van der Waals surface area contributed by atoms with Gasteiger partial charge in [0.05, 0.1) is 25.1 Å².